The van der Waals surface area contributed by atoms with Gasteiger partial charge in [0.05, 0.1) is 11.6 Å². The fourth-order valence-electron chi connectivity index (χ4n) is 1.58. The summed E-state index contributed by atoms with van der Waals surface area (Å²) in [5.74, 6) is -0.155. The highest BCUT2D eigenvalue weighted by Crippen LogP contribution is 2.28. The number of thioether (sulfide) groups is 1. The van der Waals surface area contributed by atoms with Crippen LogP contribution < -0.4 is 5.32 Å². The average Bonchev–Trinajstić information content (AvgIpc) is 3.09. The first kappa shape index (κ1) is 14.2. The van der Waals surface area contributed by atoms with E-state index in [1.54, 1.807) is 18.5 Å². The summed E-state index contributed by atoms with van der Waals surface area (Å²) >= 11 is 8.51. The van der Waals surface area contributed by atoms with Crippen LogP contribution in [0.5, 0.6) is 0 Å². The van der Waals surface area contributed by atoms with Crippen LogP contribution in [-0.4, -0.2) is 36.1 Å². The van der Waals surface area contributed by atoms with Crippen molar-refractivity contribution >= 4 is 56.9 Å². The molecule has 0 aliphatic heterocycles. The standard InChI is InChI=1S/C11H9ClN6OS2/c1-5(8(19)17-11-13-2-3-20-11)21-9-6-7(15-4-14-6)16-10(12)18-9/h2-5H,1H3,(H,13,17,19)(H,14,15,16,18)/t5-/m1/s1. The second kappa shape index (κ2) is 5.96. The molecule has 0 radical (unpaired) electrons. The lowest BCUT2D eigenvalue weighted by Crippen LogP contribution is -2.22. The van der Waals surface area contributed by atoms with Crippen molar-refractivity contribution in [3.05, 3.63) is 23.2 Å². The van der Waals surface area contributed by atoms with Crippen molar-refractivity contribution in [2.75, 3.05) is 5.32 Å². The zero-order valence-corrected chi connectivity index (χ0v) is 13.1. The summed E-state index contributed by atoms with van der Waals surface area (Å²) in [4.78, 5) is 31.3. The van der Waals surface area contributed by atoms with Crippen LogP contribution in [0.3, 0.4) is 0 Å². The molecule has 2 N–H and O–H groups in total. The summed E-state index contributed by atoms with van der Waals surface area (Å²) < 4.78 is 0. The minimum atomic E-state index is -0.369. The van der Waals surface area contributed by atoms with Crippen LogP contribution in [0, 0.1) is 0 Å². The third-order valence-corrected chi connectivity index (χ3v) is 4.49. The molecule has 0 bridgehead atoms. The number of hydrogen-bond donors (Lipinski definition) is 2. The van der Waals surface area contributed by atoms with Crippen LogP contribution >= 0.6 is 34.7 Å². The van der Waals surface area contributed by atoms with Gasteiger partial charge < -0.3 is 10.3 Å². The molecule has 1 atom stereocenters. The molecule has 0 aliphatic rings. The summed E-state index contributed by atoms with van der Waals surface area (Å²) in [6.45, 7) is 1.78. The van der Waals surface area contributed by atoms with Crippen molar-refractivity contribution in [3.8, 4) is 0 Å². The van der Waals surface area contributed by atoms with Gasteiger partial charge in [-0.05, 0) is 18.5 Å². The fourth-order valence-corrected chi connectivity index (χ4v) is 3.23. The summed E-state index contributed by atoms with van der Waals surface area (Å²) in [5.41, 5.74) is 1.14. The Morgan fingerprint density at radius 1 is 1.48 bits per heavy atom. The predicted molar refractivity (Wildman–Crippen MR) is 82.8 cm³/mol. The van der Waals surface area contributed by atoms with Gasteiger partial charge in [0.15, 0.2) is 10.8 Å². The molecular formula is C11H9ClN6OS2. The number of aromatic amines is 1. The van der Waals surface area contributed by atoms with Crippen molar-refractivity contribution in [3.63, 3.8) is 0 Å². The number of imidazole rings is 1. The van der Waals surface area contributed by atoms with Crippen LogP contribution in [0.4, 0.5) is 5.13 Å². The van der Waals surface area contributed by atoms with Gasteiger partial charge in [-0.3, -0.25) is 4.79 Å². The van der Waals surface area contributed by atoms with E-state index in [0.717, 1.165) is 0 Å². The minimum Gasteiger partial charge on any atom is -0.341 e. The van der Waals surface area contributed by atoms with Gasteiger partial charge in [0.1, 0.15) is 10.5 Å². The Hall–Kier alpha value is -1.71. The number of nitrogens with zero attached hydrogens (tertiary/aromatic N) is 4. The molecule has 1 amide bonds. The van der Waals surface area contributed by atoms with Crippen LogP contribution in [0.2, 0.25) is 5.28 Å². The van der Waals surface area contributed by atoms with Gasteiger partial charge in [-0.15, -0.1) is 11.3 Å². The Labute approximate surface area is 132 Å². The molecule has 7 nitrogen and oxygen atoms in total. The summed E-state index contributed by atoms with van der Waals surface area (Å²) in [6, 6.07) is 0. The monoisotopic (exact) mass is 340 g/mol. The van der Waals surface area contributed by atoms with Crippen molar-refractivity contribution in [1.29, 1.82) is 0 Å². The van der Waals surface area contributed by atoms with Gasteiger partial charge in [0, 0.05) is 11.6 Å². The van der Waals surface area contributed by atoms with E-state index in [1.807, 2.05) is 0 Å². The molecule has 3 aromatic heterocycles. The fraction of sp³-hybridized carbons (Fsp3) is 0.182. The van der Waals surface area contributed by atoms with E-state index < -0.39 is 0 Å². The normalized spacial score (nSPS) is 12.5. The van der Waals surface area contributed by atoms with E-state index in [1.165, 1.54) is 29.4 Å². The first-order valence-electron chi connectivity index (χ1n) is 5.87. The van der Waals surface area contributed by atoms with E-state index in [2.05, 4.69) is 30.2 Å². The van der Waals surface area contributed by atoms with E-state index >= 15 is 0 Å². The molecule has 0 fully saturated rings. The Bertz CT molecular complexity index is 774. The van der Waals surface area contributed by atoms with E-state index in [0.29, 0.717) is 21.3 Å². The summed E-state index contributed by atoms with van der Waals surface area (Å²) in [5, 5.41) is 5.43. The molecule has 0 saturated carbocycles. The zero-order chi connectivity index (χ0) is 14.8. The highest BCUT2D eigenvalue weighted by Gasteiger charge is 2.19. The second-order valence-corrected chi connectivity index (χ2v) is 6.55. The number of nitrogens with one attached hydrogen (secondary N) is 2. The van der Waals surface area contributed by atoms with Gasteiger partial charge in [0.25, 0.3) is 0 Å². The largest absolute Gasteiger partial charge is 0.341 e. The third kappa shape index (κ3) is 3.14. The zero-order valence-electron chi connectivity index (χ0n) is 10.7. The Kier molecular flexibility index (Phi) is 4.04. The highest BCUT2D eigenvalue weighted by atomic mass is 35.5. The van der Waals surface area contributed by atoms with Crippen LogP contribution in [0.25, 0.3) is 11.2 Å². The van der Waals surface area contributed by atoms with Crippen LogP contribution in [0.15, 0.2) is 22.9 Å². The quantitative estimate of drug-likeness (QED) is 0.430. The molecule has 108 valence electrons. The lowest BCUT2D eigenvalue weighted by Gasteiger charge is -2.10. The maximum absolute atomic E-state index is 12.1. The molecule has 0 unspecified atom stereocenters. The van der Waals surface area contributed by atoms with Crippen molar-refractivity contribution in [2.45, 2.75) is 17.2 Å². The maximum Gasteiger partial charge on any atom is 0.239 e. The molecule has 21 heavy (non-hydrogen) atoms. The molecule has 0 aliphatic carbocycles. The number of anilines is 1. The van der Waals surface area contributed by atoms with Gasteiger partial charge >= 0.3 is 0 Å². The van der Waals surface area contributed by atoms with Gasteiger partial charge in [0.2, 0.25) is 11.2 Å². The number of fused-ring (bicyclic) bond motifs is 1. The number of aromatic nitrogens is 5. The summed E-state index contributed by atoms with van der Waals surface area (Å²) in [6.07, 6.45) is 3.15. The number of halogens is 1. The number of hydrogen-bond acceptors (Lipinski definition) is 7. The molecule has 3 rings (SSSR count). The minimum absolute atomic E-state index is 0.102. The van der Waals surface area contributed by atoms with Crippen LogP contribution in [-0.2, 0) is 4.79 Å². The molecular weight excluding hydrogens is 332 g/mol. The molecule has 3 heterocycles. The molecule has 0 saturated heterocycles. The predicted octanol–water partition coefficient (Wildman–Crippen LogP) is 2.58. The van der Waals surface area contributed by atoms with E-state index in [4.69, 9.17) is 11.6 Å². The number of H-pyrrole nitrogens is 1. The first-order chi connectivity index (χ1) is 10.1. The van der Waals surface area contributed by atoms with Crippen molar-refractivity contribution in [2.24, 2.45) is 0 Å². The Morgan fingerprint density at radius 3 is 3.10 bits per heavy atom. The van der Waals surface area contributed by atoms with Gasteiger partial charge in [-0.2, -0.15) is 4.98 Å². The molecule has 10 heteroatoms. The first-order valence-corrected chi connectivity index (χ1v) is 8.01. The number of thiazole rings is 1. The van der Waals surface area contributed by atoms with Crippen molar-refractivity contribution < 1.29 is 4.79 Å². The lowest BCUT2D eigenvalue weighted by molar-refractivity contribution is -0.115. The molecule has 0 aromatic carbocycles. The maximum atomic E-state index is 12.1. The average molecular weight is 341 g/mol. The number of carbonyl (C=O) groups is 1. The Morgan fingerprint density at radius 2 is 2.33 bits per heavy atom. The summed E-state index contributed by atoms with van der Waals surface area (Å²) in [7, 11) is 0. The SMILES string of the molecule is C[C@@H](Sc1nc(Cl)nc2nc[nH]c12)C(=O)Nc1nccs1. The Balaban J connectivity index is 1.78. The van der Waals surface area contributed by atoms with Gasteiger partial charge in [-0.1, -0.05) is 11.8 Å². The molecule has 0 spiro atoms. The van der Waals surface area contributed by atoms with Crippen molar-refractivity contribution in [1.82, 2.24) is 24.9 Å². The lowest BCUT2D eigenvalue weighted by atomic mass is 10.4. The van der Waals surface area contributed by atoms with Crippen LogP contribution in [0.1, 0.15) is 6.92 Å². The second-order valence-electron chi connectivity index (χ2n) is 3.99. The van der Waals surface area contributed by atoms with E-state index in [-0.39, 0.29) is 16.4 Å². The topological polar surface area (TPSA) is 96.5 Å². The smallest absolute Gasteiger partial charge is 0.239 e. The number of amides is 1. The third-order valence-electron chi connectivity index (χ3n) is 2.55. The number of carbonyl (C=O) groups excluding carboxylic acids is 1. The van der Waals surface area contributed by atoms with E-state index in [9.17, 15) is 4.79 Å². The van der Waals surface area contributed by atoms with Gasteiger partial charge in [-0.25, -0.2) is 15.0 Å². The molecule has 3 aromatic rings. The highest BCUT2D eigenvalue weighted by molar-refractivity contribution is 8.00. The number of rotatable bonds is 4.